The summed E-state index contributed by atoms with van der Waals surface area (Å²) in [4.78, 5) is 12.3. The molecule has 0 radical (unpaired) electrons. The Hall–Kier alpha value is -2.73. The molecule has 116 valence electrons. The predicted octanol–water partition coefficient (Wildman–Crippen LogP) is 2.12. The van der Waals surface area contributed by atoms with Gasteiger partial charge in [-0.1, -0.05) is 12.1 Å². The van der Waals surface area contributed by atoms with E-state index in [-0.39, 0.29) is 29.2 Å². The highest BCUT2D eigenvalue weighted by Crippen LogP contribution is 2.35. The number of aliphatic hydroxyl groups excluding tert-OH is 1. The number of carbonyl (C=O) groups is 1. The van der Waals surface area contributed by atoms with Gasteiger partial charge in [0.15, 0.2) is 5.78 Å². The zero-order valence-corrected chi connectivity index (χ0v) is 11.9. The topological polar surface area (TPSA) is 107 Å². The van der Waals surface area contributed by atoms with E-state index in [9.17, 15) is 25.2 Å². The molecule has 0 aliphatic rings. The van der Waals surface area contributed by atoms with Crippen LogP contribution in [0.3, 0.4) is 0 Å². The van der Waals surface area contributed by atoms with Crippen molar-refractivity contribution in [1.29, 1.82) is 0 Å². The SMILES string of the molecule is COc1cc(O)cc(O)c1C(=O)C[C@H](O)c1ccc(O)cc1. The maximum atomic E-state index is 12.3. The van der Waals surface area contributed by atoms with Gasteiger partial charge in [-0.3, -0.25) is 4.79 Å². The van der Waals surface area contributed by atoms with Gasteiger partial charge in [0, 0.05) is 18.6 Å². The number of hydrogen-bond donors (Lipinski definition) is 4. The maximum Gasteiger partial charge on any atom is 0.173 e. The van der Waals surface area contributed by atoms with Gasteiger partial charge >= 0.3 is 0 Å². The summed E-state index contributed by atoms with van der Waals surface area (Å²) in [5.41, 5.74) is 0.363. The summed E-state index contributed by atoms with van der Waals surface area (Å²) in [5.74, 6) is -1.10. The van der Waals surface area contributed by atoms with E-state index in [1.807, 2.05) is 0 Å². The van der Waals surface area contributed by atoms with Crippen molar-refractivity contribution < 1.29 is 30.0 Å². The molecular weight excluding hydrogens is 288 g/mol. The van der Waals surface area contributed by atoms with Gasteiger partial charge in [-0.2, -0.15) is 0 Å². The molecule has 0 aliphatic carbocycles. The van der Waals surface area contributed by atoms with E-state index in [1.54, 1.807) is 0 Å². The number of carbonyl (C=O) groups excluding carboxylic acids is 1. The monoisotopic (exact) mass is 304 g/mol. The molecule has 2 rings (SSSR count). The molecule has 0 spiro atoms. The smallest absolute Gasteiger partial charge is 0.173 e. The van der Waals surface area contributed by atoms with Gasteiger partial charge in [0.25, 0.3) is 0 Å². The number of aromatic hydroxyl groups is 3. The molecule has 0 aromatic heterocycles. The first-order valence-electron chi connectivity index (χ1n) is 6.52. The van der Waals surface area contributed by atoms with Crippen molar-refractivity contribution in [1.82, 2.24) is 0 Å². The number of hydrogen-bond acceptors (Lipinski definition) is 6. The van der Waals surface area contributed by atoms with Crippen LogP contribution in [0, 0.1) is 0 Å². The Morgan fingerprint density at radius 2 is 1.73 bits per heavy atom. The van der Waals surface area contributed by atoms with Crippen molar-refractivity contribution in [2.24, 2.45) is 0 Å². The molecule has 2 aromatic rings. The molecular formula is C16H16O6. The Bertz CT molecular complexity index is 678. The number of benzene rings is 2. The largest absolute Gasteiger partial charge is 0.508 e. The molecule has 0 bridgehead atoms. The molecule has 6 nitrogen and oxygen atoms in total. The molecule has 0 unspecified atom stereocenters. The molecule has 1 atom stereocenters. The Morgan fingerprint density at radius 1 is 1.09 bits per heavy atom. The van der Waals surface area contributed by atoms with Gasteiger partial charge in [0.05, 0.1) is 13.2 Å². The second kappa shape index (κ2) is 6.36. The average molecular weight is 304 g/mol. The van der Waals surface area contributed by atoms with Crippen LogP contribution in [-0.2, 0) is 0 Å². The van der Waals surface area contributed by atoms with Crippen LogP contribution in [0.4, 0.5) is 0 Å². The Labute approximate surface area is 126 Å². The quantitative estimate of drug-likeness (QED) is 0.630. The third-order valence-electron chi connectivity index (χ3n) is 3.22. The first-order chi connectivity index (χ1) is 10.4. The number of rotatable bonds is 5. The Kier molecular flexibility index (Phi) is 4.53. The summed E-state index contributed by atoms with van der Waals surface area (Å²) in [6.07, 6.45) is -1.37. The average Bonchev–Trinajstić information content (AvgIpc) is 2.46. The maximum absolute atomic E-state index is 12.3. The number of Topliss-reactive ketones (excluding diaryl/α,β-unsaturated/α-hetero) is 1. The molecule has 2 aromatic carbocycles. The molecule has 0 aliphatic heterocycles. The molecule has 0 fully saturated rings. The Morgan fingerprint density at radius 3 is 2.32 bits per heavy atom. The molecule has 0 saturated carbocycles. The zero-order chi connectivity index (χ0) is 16.3. The van der Waals surface area contributed by atoms with E-state index in [4.69, 9.17) is 4.74 Å². The van der Waals surface area contributed by atoms with Crippen LogP contribution in [0.25, 0.3) is 0 Å². The van der Waals surface area contributed by atoms with E-state index in [0.29, 0.717) is 5.56 Å². The van der Waals surface area contributed by atoms with E-state index < -0.39 is 17.6 Å². The van der Waals surface area contributed by atoms with Gasteiger partial charge in [0.1, 0.15) is 28.6 Å². The van der Waals surface area contributed by atoms with E-state index in [2.05, 4.69) is 0 Å². The van der Waals surface area contributed by atoms with Crippen molar-refractivity contribution in [3.05, 3.63) is 47.5 Å². The summed E-state index contributed by atoms with van der Waals surface area (Å²) in [6.45, 7) is 0. The lowest BCUT2D eigenvalue weighted by molar-refractivity contribution is 0.0874. The normalized spacial score (nSPS) is 11.9. The first-order valence-corrected chi connectivity index (χ1v) is 6.52. The minimum Gasteiger partial charge on any atom is -0.508 e. The lowest BCUT2D eigenvalue weighted by Gasteiger charge is -2.13. The fourth-order valence-electron chi connectivity index (χ4n) is 2.12. The van der Waals surface area contributed by atoms with Gasteiger partial charge in [-0.25, -0.2) is 0 Å². The van der Waals surface area contributed by atoms with E-state index in [0.717, 1.165) is 6.07 Å². The molecule has 0 heterocycles. The minimum absolute atomic E-state index is 0.0282. The van der Waals surface area contributed by atoms with Crippen LogP contribution in [0.5, 0.6) is 23.0 Å². The van der Waals surface area contributed by atoms with Crippen molar-refractivity contribution in [3.8, 4) is 23.0 Å². The number of ether oxygens (including phenoxy) is 1. The van der Waals surface area contributed by atoms with Gasteiger partial charge in [0.2, 0.25) is 0 Å². The second-order valence-corrected chi connectivity index (χ2v) is 4.78. The van der Waals surface area contributed by atoms with E-state index >= 15 is 0 Å². The van der Waals surface area contributed by atoms with E-state index in [1.165, 1.54) is 37.4 Å². The summed E-state index contributed by atoms with van der Waals surface area (Å²) in [6, 6.07) is 8.05. The molecule has 0 saturated heterocycles. The lowest BCUT2D eigenvalue weighted by atomic mass is 9.98. The van der Waals surface area contributed by atoms with Crippen molar-refractivity contribution in [2.75, 3.05) is 7.11 Å². The summed E-state index contributed by atoms with van der Waals surface area (Å²) >= 11 is 0. The highest BCUT2D eigenvalue weighted by atomic mass is 16.5. The summed E-state index contributed by atoms with van der Waals surface area (Å²) < 4.78 is 4.98. The first kappa shape index (κ1) is 15.7. The fraction of sp³-hybridized carbons (Fsp3) is 0.188. The van der Waals surface area contributed by atoms with Crippen LogP contribution in [-0.4, -0.2) is 33.3 Å². The highest BCUT2D eigenvalue weighted by Gasteiger charge is 2.22. The van der Waals surface area contributed by atoms with Crippen LogP contribution in [0.2, 0.25) is 0 Å². The van der Waals surface area contributed by atoms with Crippen molar-refractivity contribution in [2.45, 2.75) is 12.5 Å². The molecule has 4 N–H and O–H groups in total. The summed E-state index contributed by atoms with van der Waals surface area (Å²) in [5, 5.41) is 38.5. The fourth-order valence-corrected chi connectivity index (χ4v) is 2.12. The van der Waals surface area contributed by atoms with Crippen LogP contribution < -0.4 is 4.74 Å². The number of phenols is 3. The number of phenolic OH excluding ortho intramolecular Hbond substituents is 3. The standard InChI is InChI=1S/C16H16O6/c1-22-15-7-11(18)6-13(20)16(15)14(21)8-12(19)9-2-4-10(17)5-3-9/h2-7,12,17-20H,8H2,1H3/t12-/m0/s1. The van der Waals surface area contributed by atoms with Crippen LogP contribution in [0.1, 0.15) is 28.4 Å². The third-order valence-corrected chi connectivity index (χ3v) is 3.22. The zero-order valence-electron chi connectivity index (χ0n) is 11.9. The Balaban J connectivity index is 2.24. The summed E-state index contributed by atoms with van der Waals surface area (Å²) in [7, 11) is 1.31. The lowest BCUT2D eigenvalue weighted by Crippen LogP contribution is -2.09. The number of methoxy groups -OCH3 is 1. The van der Waals surface area contributed by atoms with Crippen LogP contribution >= 0.6 is 0 Å². The molecule has 0 amide bonds. The van der Waals surface area contributed by atoms with Crippen molar-refractivity contribution >= 4 is 5.78 Å². The third kappa shape index (κ3) is 3.29. The highest BCUT2D eigenvalue weighted by molar-refractivity contribution is 6.01. The van der Waals surface area contributed by atoms with Crippen molar-refractivity contribution in [3.63, 3.8) is 0 Å². The minimum atomic E-state index is -1.09. The molecule has 6 heteroatoms. The number of aliphatic hydroxyl groups is 1. The molecule has 22 heavy (non-hydrogen) atoms. The van der Waals surface area contributed by atoms with Gasteiger partial charge in [-0.05, 0) is 17.7 Å². The second-order valence-electron chi connectivity index (χ2n) is 4.78. The van der Waals surface area contributed by atoms with Crippen LogP contribution in [0.15, 0.2) is 36.4 Å². The number of ketones is 1. The predicted molar refractivity (Wildman–Crippen MR) is 78.3 cm³/mol. The van der Waals surface area contributed by atoms with Gasteiger partial charge < -0.3 is 25.2 Å². The van der Waals surface area contributed by atoms with Gasteiger partial charge in [-0.15, -0.1) is 0 Å².